The van der Waals surface area contributed by atoms with Gasteiger partial charge >= 0.3 is 0 Å². The number of rotatable bonds is 4. The van der Waals surface area contributed by atoms with Crippen molar-refractivity contribution >= 4 is 61.7 Å². The molecule has 0 aliphatic carbocycles. The number of benzene rings is 1. The number of sulfonamides is 1. The van der Waals surface area contributed by atoms with Gasteiger partial charge in [0.15, 0.2) is 0 Å². The molecule has 3 N–H and O–H groups in total. The number of hydrogen-bond donors (Lipinski definition) is 2. The van der Waals surface area contributed by atoms with E-state index in [2.05, 4.69) is 14.9 Å². The van der Waals surface area contributed by atoms with Crippen LogP contribution in [0.4, 0.5) is 10.8 Å². The van der Waals surface area contributed by atoms with Gasteiger partial charge in [-0.1, -0.05) is 18.3 Å². The van der Waals surface area contributed by atoms with Crippen LogP contribution in [0.5, 0.6) is 0 Å². The van der Waals surface area contributed by atoms with E-state index in [0.717, 1.165) is 11.4 Å². The Bertz CT molecular complexity index is 640. The predicted molar refractivity (Wildman–Crippen MR) is 76.7 cm³/mol. The molecule has 0 aliphatic rings. The molecule has 1 aromatic heterocycles. The first kappa shape index (κ1) is 16.4. The maximum Gasteiger partial charge on any atom is 0.263 e. The fraction of sp³-hybridized carbons (Fsp3) is 0.200. The van der Waals surface area contributed by atoms with E-state index in [0.29, 0.717) is 5.69 Å². The number of aryl methyl sites for hydroxylation is 1. The van der Waals surface area contributed by atoms with Gasteiger partial charge in [0, 0.05) is 35.2 Å². The fourth-order valence-corrected chi connectivity index (χ4v) is 3.17. The van der Waals surface area contributed by atoms with E-state index < -0.39 is 10.0 Å². The molecule has 19 heavy (non-hydrogen) atoms. The zero-order valence-corrected chi connectivity index (χ0v) is 14.3. The number of anilines is 2. The Morgan fingerprint density at radius 3 is 2.42 bits per heavy atom. The first-order valence-electron chi connectivity index (χ1n) is 5.22. The molecular weight excluding hydrogens is 295 g/mol. The summed E-state index contributed by atoms with van der Waals surface area (Å²) in [6.07, 6.45) is 0.723. The molecule has 2 aromatic rings. The minimum atomic E-state index is -3.62. The third kappa shape index (κ3) is 4.15. The zero-order chi connectivity index (χ0) is 13.2. The largest absolute Gasteiger partial charge is 0.399 e. The van der Waals surface area contributed by atoms with Crippen molar-refractivity contribution in [2.75, 3.05) is 10.5 Å². The Balaban J connectivity index is 0.00000180. The van der Waals surface area contributed by atoms with Gasteiger partial charge in [0.1, 0.15) is 5.01 Å². The minimum absolute atomic E-state index is 0. The van der Waals surface area contributed by atoms with Gasteiger partial charge in [-0.3, -0.25) is 4.72 Å². The average Bonchev–Trinajstić information content (AvgIpc) is 2.76. The van der Waals surface area contributed by atoms with Crippen LogP contribution in [0.1, 0.15) is 11.9 Å². The Labute approximate surface area is 137 Å². The van der Waals surface area contributed by atoms with E-state index in [1.54, 1.807) is 0 Å². The van der Waals surface area contributed by atoms with E-state index in [-0.39, 0.29) is 39.6 Å². The van der Waals surface area contributed by atoms with Crippen molar-refractivity contribution in [3.8, 4) is 0 Å². The molecule has 0 unspecified atom stereocenters. The van der Waals surface area contributed by atoms with Crippen LogP contribution in [0.2, 0.25) is 0 Å². The molecule has 97 valence electrons. The molecule has 0 aliphatic heterocycles. The van der Waals surface area contributed by atoms with Crippen molar-refractivity contribution in [1.29, 1.82) is 0 Å². The summed E-state index contributed by atoms with van der Waals surface area (Å²) in [6, 6.07) is 5.96. The summed E-state index contributed by atoms with van der Waals surface area (Å²) in [5.41, 5.74) is 6.02. The normalized spacial score (nSPS) is 10.8. The fourth-order valence-electron chi connectivity index (χ4n) is 1.26. The second-order valence-electron chi connectivity index (χ2n) is 3.53. The van der Waals surface area contributed by atoms with Crippen molar-refractivity contribution in [3.05, 3.63) is 29.3 Å². The Morgan fingerprint density at radius 1 is 1.26 bits per heavy atom. The molecule has 0 bridgehead atoms. The molecular formula is C10H12N4NaO2S2. The van der Waals surface area contributed by atoms with Gasteiger partial charge in [0.05, 0.1) is 4.90 Å². The molecule has 1 radical (unpaired) electrons. The van der Waals surface area contributed by atoms with Crippen LogP contribution in [0.15, 0.2) is 29.2 Å². The summed E-state index contributed by atoms with van der Waals surface area (Å²) in [4.78, 5) is 0.143. The van der Waals surface area contributed by atoms with Crippen LogP contribution in [0.25, 0.3) is 0 Å². The van der Waals surface area contributed by atoms with Gasteiger partial charge in [-0.25, -0.2) is 8.42 Å². The molecule has 0 fully saturated rings. The topological polar surface area (TPSA) is 98.0 Å². The minimum Gasteiger partial charge on any atom is -0.399 e. The van der Waals surface area contributed by atoms with Crippen LogP contribution in [-0.2, 0) is 16.4 Å². The molecule has 0 spiro atoms. The van der Waals surface area contributed by atoms with Crippen molar-refractivity contribution < 1.29 is 8.42 Å². The molecule has 0 amide bonds. The molecule has 0 atom stereocenters. The number of aromatic nitrogens is 2. The number of nitrogens with two attached hydrogens (primary N) is 1. The van der Waals surface area contributed by atoms with E-state index >= 15 is 0 Å². The van der Waals surface area contributed by atoms with Gasteiger partial charge in [-0.05, 0) is 30.7 Å². The van der Waals surface area contributed by atoms with Gasteiger partial charge in [0.25, 0.3) is 10.0 Å². The Morgan fingerprint density at radius 2 is 1.89 bits per heavy atom. The summed E-state index contributed by atoms with van der Waals surface area (Å²) < 4.78 is 26.4. The van der Waals surface area contributed by atoms with Gasteiger partial charge in [-0.2, -0.15) is 0 Å². The monoisotopic (exact) mass is 307 g/mol. The van der Waals surface area contributed by atoms with Crippen LogP contribution < -0.4 is 10.5 Å². The van der Waals surface area contributed by atoms with Gasteiger partial charge in [0.2, 0.25) is 5.13 Å². The maximum atomic E-state index is 12.0. The van der Waals surface area contributed by atoms with Crippen LogP contribution in [0, 0.1) is 0 Å². The third-order valence-electron chi connectivity index (χ3n) is 2.18. The molecule has 1 heterocycles. The third-order valence-corrected chi connectivity index (χ3v) is 4.65. The number of nitrogens with one attached hydrogen (secondary N) is 1. The van der Waals surface area contributed by atoms with E-state index in [1.165, 1.54) is 35.6 Å². The second-order valence-corrected chi connectivity index (χ2v) is 6.27. The first-order chi connectivity index (χ1) is 8.51. The van der Waals surface area contributed by atoms with Crippen LogP contribution in [-0.4, -0.2) is 48.2 Å². The molecule has 1 aromatic carbocycles. The summed E-state index contributed by atoms with van der Waals surface area (Å²) in [5.74, 6) is 0. The smallest absolute Gasteiger partial charge is 0.263 e. The Kier molecular flexibility index (Phi) is 5.75. The van der Waals surface area contributed by atoms with Gasteiger partial charge < -0.3 is 5.73 Å². The SMILES string of the molecule is CCc1nnc(NS(=O)(=O)c2ccc(N)cc2)s1.[Na]. The van der Waals surface area contributed by atoms with Crippen molar-refractivity contribution in [2.45, 2.75) is 18.2 Å². The second kappa shape index (κ2) is 6.67. The number of nitrogens with zero attached hydrogens (tertiary/aromatic N) is 2. The van der Waals surface area contributed by atoms with Gasteiger partial charge in [-0.15, -0.1) is 10.2 Å². The van der Waals surface area contributed by atoms with E-state index in [9.17, 15) is 8.42 Å². The molecule has 6 nitrogen and oxygen atoms in total. The molecule has 0 saturated carbocycles. The van der Waals surface area contributed by atoms with Crippen LogP contribution >= 0.6 is 11.3 Å². The standard InChI is InChI=1S/C10H12N4O2S2.Na/c1-2-9-12-13-10(17-9)14-18(15,16)8-5-3-7(11)4-6-8;/h3-6H,2,11H2,1H3,(H,13,14);. The molecule has 9 heteroatoms. The van der Waals surface area contributed by atoms with Crippen molar-refractivity contribution in [1.82, 2.24) is 10.2 Å². The predicted octanol–water partition coefficient (Wildman–Crippen LogP) is 1.10. The molecule has 0 saturated heterocycles. The number of hydrogen-bond acceptors (Lipinski definition) is 6. The number of nitrogen functional groups attached to an aromatic ring is 1. The summed E-state index contributed by atoms with van der Waals surface area (Å²) in [6.45, 7) is 1.93. The van der Waals surface area contributed by atoms with E-state index in [4.69, 9.17) is 5.73 Å². The maximum absolute atomic E-state index is 12.0. The quantitative estimate of drug-likeness (QED) is 0.651. The Hall–Kier alpha value is -0.670. The molecule has 2 rings (SSSR count). The van der Waals surface area contributed by atoms with Crippen LogP contribution in [0.3, 0.4) is 0 Å². The van der Waals surface area contributed by atoms with E-state index in [1.807, 2.05) is 6.92 Å². The zero-order valence-electron chi connectivity index (χ0n) is 10.6. The van der Waals surface area contributed by atoms with Crippen molar-refractivity contribution in [3.63, 3.8) is 0 Å². The summed E-state index contributed by atoms with van der Waals surface area (Å²) in [5, 5.41) is 8.67. The average molecular weight is 307 g/mol. The summed E-state index contributed by atoms with van der Waals surface area (Å²) >= 11 is 1.22. The van der Waals surface area contributed by atoms with Crippen molar-refractivity contribution in [2.24, 2.45) is 0 Å². The first-order valence-corrected chi connectivity index (χ1v) is 7.52. The summed E-state index contributed by atoms with van der Waals surface area (Å²) in [7, 11) is -3.62.